The van der Waals surface area contributed by atoms with Crippen molar-refractivity contribution in [1.82, 2.24) is 0 Å². The standard InChI is InChI=1S/C21H26N2O.C2HF3O2/c1-16(2)20(17-10-4-3-5-11-17)21(24)22-18-12-6-7-13-19(18)23-14-8-9-15-23;3-2(4,5)1(6)7/h3-7,10-13,16,20H,8-9,14-15H2,1-2H3,(H,22,24);(H,6,7). The van der Waals surface area contributed by atoms with Gasteiger partial charge in [0.25, 0.3) is 0 Å². The molecule has 0 bridgehead atoms. The number of alkyl halides is 3. The molecule has 1 amide bonds. The first-order valence-electron chi connectivity index (χ1n) is 10.1. The maximum atomic E-state index is 13.0. The zero-order valence-corrected chi connectivity index (χ0v) is 17.5. The van der Waals surface area contributed by atoms with Crippen LogP contribution in [0.25, 0.3) is 0 Å². The third-order valence-electron chi connectivity index (χ3n) is 4.96. The summed E-state index contributed by atoms with van der Waals surface area (Å²) in [6.45, 7) is 6.34. The number of rotatable bonds is 5. The third kappa shape index (κ3) is 7.01. The second-order valence-corrected chi connectivity index (χ2v) is 7.64. The van der Waals surface area contributed by atoms with E-state index in [2.05, 4.69) is 30.1 Å². The normalized spacial score (nSPS) is 14.6. The Labute approximate surface area is 179 Å². The molecule has 1 saturated heterocycles. The van der Waals surface area contributed by atoms with Crippen LogP contribution in [0.4, 0.5) is 24.5 Å². The highest BCUT2D eigenvalue weighted by atomic mass is 19.4. The zero-order chi connectivity index (χ0) is 23.0. The van der Waals surface area contributed by atoms with Crippen LogP contribution in [0.1, 0.15) is 38.2 Å². The molecule has 8 heteroatoms. The summed E-state index contributed by atoms with van der Waals surface area (Å²) in [4.78, 5) is 24.3. The summed E-state index contributed by atoms with van der Waals surface area (Å²) in [6, 6.07) is 18.2. The molecule has 5 nitrogen and oxygen atoms in total. The van der Waals surface area contributed by atoms with Crippen molar-refractivity contribution in [3.63, 3.8) is 0 Å². The first-order chi connectivity index (χ1) is 14.6. The van der Waals surface area contributed by atoms with E-state index in [-0.39, 0.29) is 17.7 Å². The summed E-state index contributed by atoms with van der Waals surface area (Å²) in [6.07, 6.45) is -2.64. The fourth-order valence-corrected chi connectivity index (χ4v) is 3.52. The van der Waals surface area contributed by atoms with E-state index in [0.29, 0.717) is 0 Å². The number of hydrogen-bond acceptors (Lipinski definition) is 3. The van der Waals surface area contributed by atoms with E-state index >= 15 is 0 Å². The van der Waals surface area contributed by atoms with Gasteiger partial charge in [-0.2, -0.15) is 13.2 Å². The number of aliphatic carboxylic acids is 1. The number of nitrogens with zero attached hydrogens (tertiary/aromatic N) is 1. The van der Waals surface area contributed by atoms with Gasteiger partial charge in [-0.25, -0.2) is 4.79 Å². The molecule has 1 unspecified atom stereocenters. The Kier molecular flexibility index (Phi) is 8.47. The topological polar surface area (TPSA) is 69.6 Å². The molecular weight excluding hydrogens is 409 g/mol. The quantitative estimate of drug-likeness (QED) is 0.668. The Hall–Kier alpha value is -3.03. The molecule has 2 aromatic carbocycles. The molecule has 1 fully saturated rings. The van der Waals surface area contributed by atoms with Gasteiger partial charge in [0.1, 0.15) is 0 Å². The summed E-state index contributed by atoms with van der Waals surface area (Å²) in [5.74, 6) is -2.58. The maximum Gasteiger partial charge on any atom is 0.490 e. The third-order valence-corrected chi connectivity index (χ3v) is 4.96. The van der Waals surface area contributed by atoms with Gasteiger partial charge in [-0.15, -0.1) is 0 Å². The summed E-state index contributed by atoms with van der Waals surface area (Å²) in [5, 5.41) is 10.3. The minimum atomic E-state index is -5.08. The van der Waals surface area contributed by atoms with E-state index in [0.717, 1.165) is 30.0 Å². The molecule has 0 aromatic heterocycles. The number of benzene rings is 2. The van der Waals surface area contributed by atoms with Gasteiger partial charge in [0.05, 0.1) is 17.3 Å². The second-order valence-electron chi connectivity index (χ2n) is 7.64. The lowest BCUT2D eigenvalue weighted by molar-refractivity contribution is -0.192. The van der Waals surface area contributed by atoms with E-state index in [1.165, 1.54) is 12.8 Å². The molecule has 31 heavy (non-hydrogen) atoms. The Bertz CT molecular complexity index is 864. The van der Waals surface area contributed by atoms with Gasteiger partial charge < -0.3 is 15.3 Å². The molecule has 1 aliphatic rings. The average molecular weight is 436 g/mol. The van der Waals surface area contributed by atoms with Gasteiger partial charge in [-0.3, -0.25) is 4.79 Å². The molecule has 0 spiro atoms. The van der Waals surface area contributed by atoms with Crippen LogP contribution < -0.4 is 10.2 Å². The number of amides is 1. The van der Waals surface area contributed by atoms with Crippen molar-refractivity contribution >= 4 is 23.3 Å². The Morgan fingerprint density at radius 1 is 0.968 bits per heavy atom. The van der Waals surface area contributed by atoms with Gasteiger partial charge in [-0.05, 0) is 36.5 Å². The molecule has 1 aliphatic heterocycles. The molecule has 0 saturated carbocycles. The maximum absolute atomic E-state index is 13.0. The number of nitrogens with one attached hydrogen (secondary N) is 1. The molecule has 2 aromatic rings. The molecular formula is C23H27F3N2O3. The highest BCUT2D eigenvalue weighted by Gasteiger charge is 2.38. The van der Waals surface area contributed by atoms with Crippen molar-refractivity contribution in [3.05, 3.63) is 60.2 Å². The van der Waals surface area contributed by atoms with Crippen LogP contribution >= 0.6 is 0 Å². The molecule has 1 atom stereocenters. The summed E-state index contributed by atoms with van der Waals surface area (Å²) >= 11 is 0. The Morgan fingerprint density at radius 3 is 2.00 bits per heavy atom. The number of anilines is 2. The largest absolute Gasteiger partial charge is 0.490 e. The van der Waals surface area contributed by atoms with Crippen LogP contribution in [0, 0.1) is 5.92 Å². The fraction of sp³-hybridized carbons (Fsp3) is 0.391. The van der Waals surface area contributed by atoms with Crippen LogP contribution in [0.2, 0.25) is 0 Å². The number of carboxylic acid groups (broad SMARTS) is 1. The minimum absolute atomic E-state index is 0.0721. The Morgan fingerprint density at radius 2 is 1.48 bits per heavy atom. The lowest BCUT2D eigenvalue weighted by Crippen LogP contribution is -2.27. The predicted molar refractivity (Wildman–Crippen MR) is 114 cm³/mol. The van der Waals surface area contributed by atoms with Crippen LogP contribution in [-0.4, -0.2) is 36.2 Å². The van der Waals surface area contributed by atoms with E-state index < -0.39 is 12.1 Å². The molecule has 0 radical (unpaired) electrons. The van der Waals surface area contributed by atoms with Crippen molar-refractivity contribution < 1.29 is 27.9 Å². The Balaban J connectivity index is 0.000000423. The molecule has 1 heterocycles. The van der Waals surface area contributed by atoms with E-state index in [9.17, 15) is 18.0 Å². The molecule has 3 rings (SSSR count). The second kappa shape index (κ2) is 10.8. The molecule has 168 valence electrons. The van der Waals surface area contributed by atoms with Crippen molar-refractivity contribution in [2.75, 3.05) is 23.3 Å². The average Bonchev–Trinajstić information content (AvgIpc) is 3.23. The predicted octanol–water partition coefficient (Wildman–Crippen LogP) is 5.30. The van der Waals surface area contributed by atoms with Crippen LogP contribution in [0.15, 0.2) is 54.6 Å². The number of carbonyl (C=O) groups excluding carboxylic acids is 1. The molecule has 0 aliphatic carbocycles. The lowest BCUT2D eigenvalue weighted by atomic mass is 9.87. The SMILES string of the molecule is CC(C)C(C(=O)Nc1ccccc1N1CCCC1)c1ccccc1.O=C(O)C(F)(F)F. The van der Waals surface area contributed by atoms with E-state index in [1.807, 2.05) is 48.5 Å². The van der Waals surface area contributed by atoms with Crippen molar-refractivity contribution in [1.29, 1.82) is 0 Å². The highest BCUT2D eigenvalue weighted by molar-refractivity contribution is 5.98. The first-order valence-corrected chi connectivity index (χ1v) is 10.1. The first kappa shape index (κ1) is 24.2. The minimum Gasteiger partial charge on any atom is -0.475 e. The van der Waals surface area contributed by atoms with E-state index in [4.69, 9.17) is 9.90 Å². The summed E-state index contributed by atoms with van der Waals surface area (Å²) in [7, 11) is 0. The van der Waals surface area contributed by atoms with E-state index in [1.54, 1.807) is 0 Å². The van der Waals surface area contributed by atoms with Crippen LogP contribution in [0.3, 0.4) is 0 Å². The van der Waals surface area contributed by atoms with Gasteiger partial charge in [0, 0.05) is 13.1 Å². The van der Waals surface area contributed by atoms with Crippen LogP contribution in [0.5, 0.6) is 0 Å². The fourth-order valence-electron chi connectivity index (χ4n) is 3.52. The van der Waals surface area contributed by atoms with Gasteiger partial charge in [0.2, 0.25) is 5.91 Å². The van der Waals surface area contributed by atoms with Gasteiger partial charge in [-0.1, -0.05) is 56.3 Å². The van der Waals surface area contributed by atoms with Crippen LogP contribution in [-0.2, 0) is 9.59 Å². The monoisotopic (exact) mass is 436 g/mol. The van der Waals surface area contributed by atoms with Crippen molar-refractivity contribution in [2.45, 2.75) is 38.8 Å². The van der Waals surface area contributed by atoms with Gasteiger partial charge >= 0.3 is 12.1 Å². The van der Waals surface area contributed by atoms with Gasteiger partial charge in [0.15, 0.2) is 0 Å². The van der Waals surface area contributed by atoms with Crippen molar-refractivity contribution in [3.8, 4) is 0 Å². The van der Waals surface area contributed by atoms with Crippen molar-refractivity contribution in [2.24, 2.45) is 5.92 Å². The number of carbonyl (C=O) groups is 2. The lowest BCUT2D eigenvalue weighted by Gasteiger charge is -2.24. The number of hydrogen-bond donors (Lipinski definition) is 2. The molecule has 2 N–H and O–H groups in total. The summed E-state index contributed by atoms with van der Waals surface area (Å²) in [5.41, 5.74) is 3.13. The number of halogens is 3. The number of para-hydroxylation sites is 2. The summed E-state index contributed by atoms with van der Waals surface area (Å²) < 4.78 is 31.7. The zero-order valence-electron chi connectivity index (χ0n) is 17.5. The smallest absolute Gasteiger partial charge is 0.475 e. The number of carboxylic acids is 1. The highest BCUT2D eigenvalue weighted by Crippen LogP contribution is 2.31.